The molecule has 0 unspecified atom stereocenters. The molecule has 1 aliphatic heterocycles. The van der Waals surface area contributed by atoms with Crippen molar-refractivity contribution in [2.75, 3.05) is 0 Å². The van der Waals surface area contributed by atoms with E-state index in [1.54, 1.807) is 0 Å². The van der Waals surface area contributed by atoms with Gasteiger partial charge in [-0.3, -0.25) is 9.56 Å². The van der Waals surface area contributed by atoms with Crippen LogP contribution in [-0.4, -0.2) is 25.2 Å². The second-order valence-corrected chi connectivity index (χ2v) is 13.0. The first kappa shape index (κ1) is 29.9. The maximum atomic E-state index is 5.69. The normalized spacial score (nSPS) is 13.3. The number of hydrogen-bond donors (Lipinski definition) is 0. The van der Waals surface area contributed by atoms with E-state index in [1.165, 1.54) is 11.1 Å². The molecule has 10 rings (SSSR count). The summed E-state index contributed by atoms with van der Waals surface area (Å²) in [7, 11) is 0. The Hall–Kier alpha value is -6.98. The van der Waals surface area contributed by atoms with Crippen LogP contribution in [0.4, 0.5) is 5.69 Å². The fourth-order valence-electron chi connectivity index (χ4n) is 7.90. The molecule has 0 fully saturated rings. The molecule has 1 aliphatic rings. The fourth-order valence-corrected chi connectivity index (χ4v) is 7.90. The van der Waals surface area contributed by atoms with Crippen LogP contribution in [0.15, 0.2) is 193 Å². The number of aliphatic imine (C=N–C) groups is 1. The molecule has 0 bridgehead atoms. The van der Waals surface area contributed by atoms with Crippen molar-refractivity contribution in [2.24, 2.45) is 4.99 Å². The lowest BCUT2D eigenvalue weighted by Crippen LogP contribution is -2.36. The molecule has 7 aromatic carbocycles. The van der Waals surface area contributed by atoms with Gasteiger partial charge in [-0.25, -0.2) is 4.98 Å². The third kappa shape index (κ3) is 4.56. The molecule has 0 spiro atoms. The van der Waals surface area contributed by atoms with E-state index in [0.717, 1.165) is 55.5 Å². The zero-order chi connectivity index (χ0) is 34.5. The Morgan fingerprint density at radius 2 is 0.885 bits per heavy atom. The molecule has 244 valence electrons. The van der Waals surface area contributed by atoms with Crippen LogP contribution in [0.1, 0.15) is 22.3 Å². The van der Waals surface area contributed by atoms with E-state index in [-0.39, 0.29) is 0 Å². The number of para-hydroxylation sites is 1. The van der Waals surface area contributed by atoms with E-state index in [1.807, 2.05) is 60.7 Å². The fraction of sp³-hybridized carbons (Fsp3) is 0.0213. The molecule has 52 heavy (non-hydrogen) atoms. The second-order valence-electron chi connectivity index (χ2n) is 13.0. The first-order chi connectivity index (χ1) is 25.8. The Kier molecular flexibility index (Phi) is 6.96. The minimum absolute atomic E-state index is 0.557. The van der Waals surface area contributed by atoms with Gasteiger partial charge in [0.2, 0.25) is 5.95 Å². The van der Waals surface area contributed by atoms with Crippen LogP contribution in [0, 0.1) is 0 Å². The van der Waals surface area contributed by atoms with Gasteiger partial charge < -0.3 is 0 Å². The summed E-state index contributed by atoms with van der Waals surface area (Å²) >= 11 is 0. The summed E-state index contributed by atoms with van der Waals surface area (Å²) in [5.74, 6) is 1.79. The van der Waals surface area contributed by atoms with Crippen molar-refractivity contribution in [1.82, 2.24) is 19.5 Å². The first-order valence-corrected chi connectivity index (χ1v) is 17.5. The molecule has 5 nitrogen and oxygen atoms in total. The van der Waals surface area contributed by atoms with Crippen LogP contribution in [0.3, 0.4) is 0 Å². The van der Waals surface area contributed by atoms with Gasteiger partial charge in [0.15, 0.2) is 11.6 Å². The molecule has 5 heteroatoms. The summed E-state index contributed by atoms with van der Waals surface area (Å²) in [6.07, 6.45) is 0. The largest absolute Gasteiger partial charge is 0.278 e. The van der Waals surface area contributed by atoms with Crippen LogP contribution in [0.25, 0.3) is 50.5 Å². The Bertz CT molecular complexity index is 2660. The average Bonchev–Trinajstić information content (AvgIpc) is 3.76. The lowest BCUT2D eigenvalue weighted by molar-refractivity contribution is 0.851. The quantitative estimate of drug-likeness (QED) is 0.178. The lowest BCUT2D eigenvalue weighted by atomic mass is 9.65. The second kappa shape index (κ2) is 12.1. The van der Waals surface area contributed by atoms with Crippen molar-refractivity contribution in [3.63, 3.8) is 0 Å². The number of fused-ring (bicyclic) bond motifs is 5. The van der Waals surface area contributed by atoms with E-state index in [4.69, 9.17) is 19.9 Å². The van der Waals surface area contributed by atoms with Gasteiger partial charge in [-0.15, -0.1) is 0 Å². The van der Waals surface area contributed by atoms with Crippen LogP contribution in [0.2, 0.25) is 0 Å². The van der Waals surface area contributed by atoms with E-state index < -0.39 is 5.41 Å². The third-order valence-corrected chi connectivity index (χ3v) is 10.1. The highest BCUT2D eigenvalue weighted by molar-refractivity contribution is 6.23. The predicted molar refractivity (Wildman–Crippen MR) is 210 cm³/mol. The molecular weight excluding hydrogens is 635 g/mol. The number of hydrogen-bond acceptors (Lipinski definition) is 4. The third-order valence-electron chi connectivity index (χ3n) is 10.1. The molecule has 9 aromatic rings. The van der Waals surface area contributed by atoms with Crippen LogP contribution in [0.5, 0.6) is 0 Å². The van der Waals surface area contributed by atoms with Gasteiger partial charge in [-0.05, 0) is 34.4 Å². The highest BCUT2D eigenvalue weighted by Gasteiger charge is 2.48. The molecule has 0 saturated carbocycles. The summed E-state index contributed by atoms with van der Waals surface area (Å²) in [6.45, 7) is 0. The zero-order valence-electron chi connectivity index (χ0n) is 28.1. The first-order valence-electron chi connectivity index (χ1n) is 17.5. The van der Waals surface area contributed by atoms with Crippen LogP contribution < -0.4 is 0 Å². The summed E-state index contributed by atoms with van der Waals surface area (Å²) in [5, 5.41) is 2.16. The minimum atomic E-state index is -0.648. The number of benzene rings is 7. The predicted octanol–water partition coefficient (Wildman–Crippen LogP) is 10.8. The highest BCUT2D eigenvalue weighted by Crippen LogP contribution is 2.54. The summed E-state index contributed by atoms with van der Waals surface area (Å²) in [4.78, 5) is 21.0. The monoisotopic (exact) mass is 665 g/mol. The van der Waals surface area contributed by atoms with Gasteiger partial charge >= 0.3 is 0 Å². The molecule has 0 radical (unpaired) electrons. The molecule has 0 amide bonds. The maximum absolute atomic E-state index is 5.69. The Balaban J connectivity index is 1.31. The smallest absolute Gasteiger partial charge is 0.238 e. The molecule has 2 aromatic heterocycles. The Morgan fingerprint density at radius 1 is 0.404 bits per heavy atom. The van der Waals surface area contributed by atoms with Gasteiger partial charge in [-0.1, -0.05) is 176 Å². The summed E-state index contributed by atoms with van der Waals surface area (Å²) in [5.41, 5.74) is 9.72. The number of rotatable bonds is 6. The van der Waals surface area contributed by atoms with E-state index in [0.29, 0.717) is 17.6 Å². The molecule has 0 saturated heterocycles. The Morgan fingerprint density at radius 3 is 1.44 bits per heavy atom. The average molecular weight is 666 g/mol. The van der Waals surface area contributed by atoms with Crippen molar-refractivity contribution in [2.45, 2.75) is 5.41 Å². The molecule has 0 atom stereocenters. The standard InChI is InChI=1S/C47H31N5/c1-6-18-32(19-7-1)43-47(35-24-12-4-13-25-35,36-26-14-5-15-27-36)38-30-31-40-41(42(38)48-43)37-28-16-17-29-39(37)52(40)46-50-44(33-20-8-2-9-21-33)49-45(51-46)34-22-10-3-11-23-34/h1-31H. The van der Waals surface area contributed by atoms with Crippen molar-refractivity contribution in [1.29, 1.82) is 0 Å². The molecule has 3 heterocycles. The van der Waals surface area contributed by atoms with Crippen molar-refractivity contribution < 1.29 is 0 Å². The summed E-state index contributed by atoms with van der Waals surface area (Å²) < 4.78 is 2.17. The Labute approximate surface area is 301 Å². The lowest BCUT2D eigenvalue weighted by Gasteiger charge is -2.34. The molecule has 0 N–H and O–H groups in total. The van der Waals surface area contributed by atoms with Gasteiger partial charge in [0.1, 0.15) is 0 Å². The van der Waals surface area contributed by atoms with Crippen molar-refractivity contribution >= 4 is 33.2 Å². The topological polar surface area (TPSA) is 56.0 Å². The van der Waals surface area contributed by atoms with Crippen LogP contribution in [-0.2, 0) is 5.41 Å². The van der Waals surface area contributed by atoms with Crippen molar-refractivity contribution in [3.8, 4) is 28.7 Å². The zero-order valence-corrected chi connectivity index (χ0v) is 28.1. The minimum Gasteiger partial charge on any atom is -0.278 e. The molecule has 0 aliphatic carbocycles. The maximum Gasteiger partial charge on any atom is 0.238 e. The highest BCUT2D eigenvalue weighted by atomic mass is 15.2. The van der Waals surface area contributed by atoms with Crippen molar-refractivity contribution in [3.05, 3.63) is 210 Å². The van der Waals surface area contributed by atoms with Gasteiger partial charge in [0.05, 0.1) is 27.8 Å². The van der Waals surface area contributed by atoms with E-state index >= 15 is 0 Å². The van der Waals surface area contributed by atoms with Gasteiger partial charge in [0, 0.05) is 21.9 Å². The van der Waals surface area contributed by atoms with Crippen LogP contribution >= 0.6 is 0 Å². The molecular formula is C47H31N5. The number of aromatic nitrogens is 4. The number of nitrogens with zero attached hydrogens (tertiary/aromatic N) is 5. The van der Waals surface area contributed by atoms with E-state index in [9.17, 15) is 0 Å². The van der Waals surface area contributed by atoms with E-state index in [2.05, 4.69) is 132 Å². The SMILES string of the molecule is c1ccc(C2=Nc3c(ccc4c3c3ccccc3n4-c3nc(-c4ccccc4)nc(-c4ccccc4)n3)C2(c2ccccc2)c2ccccc2)cc1. The van der Waals surface area contributed by atoms with Gasteiger partial charge in [0.25, 0.3) is 0 Å². The van der Waals surface area contributed by atoms with Gasteiger partial charge in [-0.2, -0.15) is 9.97 Å². The summed E-state index contributed by atoms with van der Waals surface area (Å²) in [6, 6.07) is 65.4.